The molecule has 0 unspecified atom stereocenters. The fourth-order valence-electron chi connectivity index (χ4n) is 2.39. The second-order valence-electron chi connectivity index (χ2n) is 5.22. The Kier molecular flexibility index (Phi) is 5.68. The number of nitrogens with zero attached hydrogens (tertiary/aromatic N) is 2. The second-order valence-corrected chi connectivity index (χ2v) is 6.97. The molecular weight excluding hydrogens is 377 g/mol. The highest BCUT2D eigenvalue weighted by molar-refractivity contribution is 7.99. The summed E-state index contributed by atoms with van der Waals surface area (Å²) < 4.78 is 2.03. The molecule has 1 aromatic heterocycles. The van der Waals surface area contributed by atoms with E-state index in [0.29, 0.717) is 22.3 Å². The number of hydrogen-bond donors (Lipinski definition) is 1. The first-order valence-electron chi connectivity index (χ1n) is 7.53. The molecule has 0 saturated heterocycles. The van der Waals surface area contributed by atoms with Gasteiger partial charge in [0, 0.05) is 6.54 Å². The maximum Gasteiger partial charge on any atom is 0.234 e. The predicted octanol–water partition coefficient (Wildman–Crippen LogP) is 5.26. The molecule has 25 heavy (non-hydrogen) atoms. The minimum absolute atomic E-state index is 0.196. The topological polar surface area (TPSA) is 46.9 Å². The first kappa shape index (κ1) is 17.9. The molecular formula is C18H15Cl2N3OS. The third-order valence-electron chi connectivity index (χ3n) is 3.49. The van der Waals surface area contributed by atoms with Crippen LogP contribution in [0, 0.1) is 0 Å². The molecule has 0 fully saturated rings. The van der Waals surface area contributed by atoms with Crippen LogP contribution in [-0.2, 0) is 11.3 Å². The number of fused-ring (bicyclic) bond motifs is 1. The van der Waals surface area contributed by atoms with Gasteiger partial charge in [-0.2, -0.15) is 0 Å². The van der Waals surface area contributed by atoms with E-state index in [4.69, 9.17) is 23.2 Å². The van der Waals surface area contributed by atoms with E-state index < -0.39 is 0 Å². The molecule has 1 N–H and O–H groups in total. The Morgan fingerprint density at radius 2 is 1.92 bits per heavy atom. The number of carbonyl (C=O) groups is 1. The molecule has 128 valence electrons. The van der Waals surface area contributed by atoms with Crippen LogP contribution >= 0.6 is 35.0 Å². The molecule has 0 aliphatic carbocycles. The summed E-state index contributed by atoms with van der Waals surface area (Å²) in [6.07, 6.45) is 1.81. The number of aromatic nitrogens is 2. The third kappa shape index (κ3) is 4.00. The number of amides is 1. The molecule has 7 heteroatoms. The lowest BCUT2D eigenvalue weighted by molar-refractivity contribution is -0.113. The maximum atomic E-state index is 12.3. The highest BCUT2D eigenvalue weighted by Gasteiger charge is 2.14. The van der Waals surface area contributed by atoms with Gasteiger partial charge >= 0.3 is 0 Å². The van der Waals surface area contributed by atoms with Crippen LogP contribution < -0.4 is 5.32 Å². The van der Waals surface area contributed by atoms with E-state index in [1.807, 2.05) is 34.9 Å². The number of halogens is 2. The van der Waals surface area contributed by atoms with Gasteiger partial charge in [0.15, 0.2) is 5.16 Å². The fraction of sp³-hybridized carbons (Fsp3) is 0.111. The molecule has 1 heterocycles. The molecule has 0 radical (unpaired) electrons. The van der Waals surface area contributed by atoms with Crippen molar-refractivity contribution in [1.29, 1.82) is 0 Å². The van der Waals surface area contributed by atoms with Crippen LogP contribution in [0.3, 0.4) is 0 Å². The van der Waals surface area contributed by atoms with Crippen molar-refractivity contribution < 1.29 is 4.79 Å². The average molecular weight is 392 g/mol. The minimum Gasteiger partial charge on any atom is -0.323 e. The highest BCUT2D eigenvalue weighted by atomic mass is 35.5. The number of benzene rings is 2. The standard InChI is InChI=1S/C18H15Cl2N3OS/c1-2-10-23-15-9-4-3-8-14(15)21-18(23)25-11-16(24)22-17-12(19)6-5-7-13(17)20/h2-9H,1,10-11H2,(H,22,24). The number of carbonyl (C=O) groups excluding carboxylic acids is 1. The van der Waals surface area contributed by atoms with Crippen LogP contribution in [0.2, 0.25) is 10.0 Å². The summed E-state index contributed by atoms with van der Waals surface area (Å²) in [7, 11) is 0. The van der Waals surface area contributed by atoms with Crippen molar-refractivity contribution in [2.45, 2.75) is 11.7 Å². The van der Waals surface area contributed by atoms with Crippen molar-refractivity contribution in [2.75, 3.05) is 11.1 Å². The Morgan fingerprint density at radius 3 is 2.64 bits per heavy atom. The van der Waals surface area contributed by atoms with Gasteiger partial charge in [0.05, 0.1) is 32.5 Å². The quantitative estimate of drug-likeness (QED) is 0.460. The number of rotatable bonds is 6. The Labute approximate surface area is 159 Å². The van der Waals surface area contributed by atoms with Gasteiger partial charge < -0.3 is 9.88 Å². The molecule has 0 aliphatic rings. The molecule has 1 amide bonds. The van der Waals surface area contributed by atoms with E-state index in [2.05, 4.69) is 16.9 Å². The average Bonchev–Trinajstić information content (AvgIpc) is 2.95. The number of hydrogen-bond acceptors (Lipinski definition) is 3. The summed E-state index contributed by atoms with van der Waals surface area (Å²) in [6, 6.07) is 12.9. The van der Waals surface area contributed by atoms with Gasteiger partial charge in [0.25, 0.3) is 0 Å². The SMILES string of the molecule is C=CCn1c(SCC(=O)Nc2c(Cl)cccc2Cl)nc2ccccc21. The van der Waals surface area contributed by atoms with Gasteiger partial charge in [-0.05, 0) is 24.3 Å². The number of imidazole rings is 1. The largest absolute Gasteiger partial charge is 0.323 e. The van der Waals surface area contributed by atoms with E-state index in [-0.39, 0.29) is 11.7 Å². The van der Waals surface area contributed by atoms with Crippen molar-refractivity contribution in [3.05, 3.63) is 65.2 Å². The predicted molar refractivity (Wildman–Crippen MR) is 106 cm³/mol. The van der Waals surface area contributed by atoms with Crippen molar-refractivity contribution in [3.63, 3.8) is 0 Å². The highest BCUT2D eigenvalue weighted by Crippen LogP contribution is 2.30. The first-order chi connectivity index (χ1) is 12.1. The molecule has 2 aromatic carbocycles. The number of allylic oxidation sites excluding steroid dienone is 1. The molecule has 0 aliphatic heterocycles. The molecule has 0 atom stereocenters. The van der Waals surface area contributed by atoms with Crippen molar-refractivity contribution in [3.8, 4) is 0 Å². The van der Waals surface area contributed by atoms with E-state index in [1.54, 1.807) is 18.2 Å². The molecule has 0 saturated carbocycles. The van der Waals surface area contributed by atoms with E-state index >= 15 is 0 Å². The van der Waals surface area contributed by atoms with Crippen LogP contribution in [0.15, 0.2) is 60.3 Å². The maximum absolute atomic E-state index is 12.3. The summed E-state index contributed by atoms with van der Waals surface area (Å²) >= 11 is 13.5. The lowest BCUT2D eigenvalue weighted by Crippen LogP contribution is -2.15. The molecule has 4 nitrogen and oxygen atoms in total. The summed E-state index contributed by atoms with van der Waals surface area (Å²) in [5.41, 5.74) is 2.33. The Hall–Kier alpha value is -1.95. The Bertz CT molecular complexity index is 919. The third-order valence-corrected chi connectivity index (χ3v) is 5.10. The van der Waals surface area contributed by atoms with Gasteiger partial charge in [0.2, 0.25) is 5.91 Å². The number of nitrogens with one attached hydrogen (secondary N) is 1. The van der Waals surface area contributed by atoms with Crippen molar-refractivity contribution >= 4 is 57.6 Å². The van der Waals surface area contributed by atoms with Crippen LogP contribution in [0.25, 0.3) is 11.0 Å². The Balaban J connectivity index is 1.75. The fourth-order valence-corrected chi connectivity index (χ4v) is 3.71. The zero-order valence-corrected chi connectivity index (χ0v) is 15.5. The van der Waals surface area contributed by atoms with Crippen LogP contribution in [0.5, 0.6) is 0 Å². The van der Waals surface area contributed by atoms with Crippen LogP contribution in [-0.4, -0.2) is 21.2 Å². The van der Waals surface area contributed by atoms with Gasteiger partial charge in [-0.25, -0.2) is 4.98 Å². The molecule has 3 rings (SSSR count). The molecule has 0 bridgehead atoms. The van der Waals surface area contributed by atoms with Crippen molar-refractivity contribution in [2.24, 2.45) is 0 Å². The number of para-hydroxylation sites is 3. The summed E-state index contributed by atoms with van der Waals surface area (Å²) in [5.74, 6) is -0.000583. The lowest BCUT2D eigenvalue weighted by Gasteiger charge is -2.09. The van der Waals surface area contributed by atoms with E-state index in [1.165, 1.54) is 11.8 Å². The second kappa shape index (κ2) is 7.95. The van der Waals surface area contributed by atoms with E-state index in [0.717, 1.165) is 16.2 Å². The normalized spacial score (nSPS) is 10.8. The summed E-state index contributed by atoms with van der Waals surface area (Å²) in [4.78, 5) is 16.9. The van der Waals surface area contributed by atoms with Gasteiger partial charge in [0.1, 0.15) is 0 Å². The first-order valence-corrected chi connectivity index (χ1v) is 9.27. The molecule has 3 aromatic rings. The van der Waals surface area contributed by atoms with E-state index in [9.17, 15) is 4.79 Å². The minimum atomic E-state index is -0.197. The number of thioether (sulfide) groups is 1. The summed E-state index contributed by atoms with van der Waals surface area (Å²) in [5, 5.41) is 4.33. The summed E-state index contributed by atoms with van der Waals surface area (Å²) in [6.45, 7) is 4.41. The van der Waals surface area contributed by atoms with Gasteiger partial charge in [-0.15, -0.1) is 6.58 Å². The lowest BCUT2D eigenvalue weighted by atomic mass is 10.3. The zero-order chi connectivity index (χ0) is 17.8. The Morgan fingerprint density at radius 1 is 1.20 bits per heavy atom. The van der Waals surface area contributed by atoms with Crippen LogP contribution in [0.1, 0.15) is 0 Å². The smallest absolute Gasteiger partial charge is 0.234 e. The monoisotopic (exact) mass is 391 g/mol. The van der Waals surface area contributed by atoms with Crippen LogP contribution in [0.4, 0.5) is 5.69 Å². The van der Waals surface area contributed by atoms with Crippen molar-refractivity contribution in [1.82, 2.24) is 9.55 Å². The zero-order valence-electron chi connectivity index (χ0n) is 13.2. The van der Waals surface area contributed by atoms with Gasteiger partial charge in [-0.1, -0.05) is 59.2 Å². The van der Waals surface area contributed by atoms with Gasteiger partial charge in [-0.3, -0.25) is 4.79 Å². The number of anilines is 1. The molecule has 0 spiro atoms.